The fourth-order valence-electron chi connectivity index (χ4n) is 4.09. The number of hydrogen-bond donors (Lipinski definition) is 1. The molecule has 0 saturated carbocycles. The van der Waals surface area contributed by atoms with Gasteiger partial charge in [0.2, 0.25) is 0 Å². The van der Waals surface area contributed by atoms with Crippen LogP contribution in [0.5, 0.6) is 5.75 Å². The third kappa shape index (κ3) is 5.52. The molecule has 34 heavy (non-hydrogen) atoms. The molecule has 3 aromatic carbocycles. The van der Waals surface area contributed by atoms with Crippen LogP contribution in [0.1, 0.15) is 34.3 Å². The number of hydrogen-bond acceptors (Lipinski definition) is 3. The van der Waals surface area contributed by atoms with Crippen LogP contribution in [0.25, 0.3) is 11.6 Å². The van der Waals surface area contributed by atoms with Crippen molar-refractivity contribution in [1.82, 2.24) is 10.2 Å². The molecule has 0 spiro atoms. The number of nitrogens with zero attached hydrogens (tertiary/aromatic N) is 1. The van der Waals surface area contributed by atoms with Gasteiger partial charge in [-0.15, -0.1) is 0 Å². The van der Waals surface area contributed by atoms with E-state index in [1.807, 2.05) is 65.6 Å². The van der Waals surface area contributed by atoms with Crippen LogP contribution in [-0.2, 0) is 4.79 Å². The molecule has 0 atom stereocenters. The van der Waals surface area contributed by atoms with Crippen LogP contribution in [0.3, 0.4) is 0 Å². The lowest BCUT2D eigenvalue weighted by atomic mass is 9.98. The molecule has 1 aliphatic heterocycles. The second kappa shape index (κ2) is 10.8. The Hall–Kier alpha value is -3.93. The number of carbonyl (C=O) groups is 2. The minimum atomic E-state index is -0.376. The minimum Gasteiger partial charge on any atom is -0.496 e. The molecular formula is C28H27FN2O3. The van der Waals surface area contributed by atoms with Crippen molar-refractivity contribution < 1.29 is 18.7 Å². The van der Waals surface area contributed by atoms with E-state index in [0.717, 1.165) is 11.1 Å². The van der Waals surface area contributed by atoms with E-state index < -0.39 is 0 Å². The fourth-order valence-corrected chi connectivity index (χ4v) is 4.09. The van der Waals surface area contributed by atoms with E-state index in [4.69, 9.17) is 4.74 Å². The Kier molecular flexibility index (Phi) is 7.38. The number of benzene rings is 3. The monoisotopic (exact) mass is 458 g/mol. The number of ether oxygens (including phenoxy) is 1. The van der Waals surface area contributed by atoms with Crippen LogP contribution in [0.2, 0.25) is 0 Å². The lowest BCUT2D eigenvalue weighted by Crippen LogP contribution is -2.46. The molecule has 0 aromatic heterocycles. The maximum atomic E-state index is 13.6. The molecule has 6 heteroatoms. The Morgan fingerprint density at radius 1 is 0.912 bits per heavy atom. The van der Waals surface area contributed by atoms with Crippen molar-refractivity contribution in [3.05, 3.63) is 101 Å². The van der Waals surface area contributed by atoms with Gasteiger partial charge in [-0.2, -0.15) is 0 Å². The van der Waals surface area contributed by atoms with Crippen LogP contribution in [0, 0.1) is 5.82 Å². The molecule has 0 radical (unpaired) electrons. The van der Waals surface area contributed by atoms with Gasteiger partial charge in [0.05, 0.1) is 7.11 Å². The maximum Gasteiger partial charge on any atom is 0.254 e. The Labute approximate surface area is 198 Å². The fraction of sp³-hybridized carbons (Fsp3) is 0.214. The van der Waals surface area contributed by atoms with Gasteiger partial charge in [0.1, 0.15) is 11.6 Å². The minimum absolute atomic E-state index is 0.0417. The summed E-state index contributed by atoms with van der Waals surface area (Å²) in [5.74, 6) is 0.0379. The summed E-state index contributed by atoms with van der Waals surface area (Å²) in [6.45, 7) is 1.06. The molecule has 0 bridgehead atoms. The number of amides is 2. The molecule has 2 amide bonds. The lowest BCUT2D eigenvalue weighted by molar-refractivity contribution is -0.126. The Bertz CT molecular complexity index is 1170. The van der Waals surface area contributed by atoms with Crippen molar-refractivity contribution in [2.75, 3.05) is 20.2 Å². The molecule has 3 aromatic rings. The van der Waals surface area contributed by atoms with Gasteiger partial charge < -0.3 is 15.0 Å². The second-order valence-electron chi connectivity index (χ2n) is 8.21. The zero-order valence-corrected chi connectivity index (χ0v) is 19.0. The summed E-state index contributed by atoms with van der Waals surface area (Å²) in [5, 5.41) is 3.00. The predicted octanol–water partition coefficient (Wildman–Crippen LogP) is 4.80. The molecule has 0 aliphatic carbocycles. The van der Waals surface area contributed by atoms with Crippen LogP contribution in [-0.4, -0.2) is 43.0 Å². The number of rotatable bonds is 6. The lowest BCUT2D eigenvalue weighted by Gasteiger charge is -2.33. The third-order valence-electron chi connectivity index (χ3n) is 5.98. The highest BCUT2D eigenvalue weighted by molar-refractivity contribution is 6.24. The predicted molar refractivity (Wildman–Crippen MR) is 131 cm³/mol. The molecule has 1 aliphatic rings. The van der Waals surface area contributed by atoms with Gasteiger partial charge in [-0.25, -0.2) is 4.39 Å². The first-order valence-corrected chi connectivity index (χ1v) is 11.3. The highest BCUT2D eigenvalue weighted by Gasteiger charge is 2.27. The Morgan fingerprint density at radius 2 is 1.56 bits per heavy atom. The topological polar surface area (TPSA) is 58.6 Å². The SMILES string of the molecule is COc1ccccc1/C=C(/C(=O)N1CCC(NC(=O)c2ccc(F)cc2)CC1)c1ccccc1. The molecular weight excluding hydrogens is 431 g/mol. The van der Waals surface area contributed by atoms with E-state index in [2.05, 4.69) is 5.32 Å². The van der Waals surface area contributed by atoms with Gasteiger partial charge in [0.25, 0.3) is 11.8 Å². The van der Waals surface area contributed by atoms with Crippen molar-refractivity contribution >= 4 is 23.5 Å². The van der Waals surface area contributed by atoms with Crippen LogP contribution < -0.4 is 10.1 Å². The van der Waals surface area contributed by atoms with Gasteiger partial charge in [0.15, 0.2) is 0 Å². The number of nitrogens with one attached hydrogen (secondary N) is 1. The zero-order chi connectivity index (χ0) is 23.9. The summed E-state index contributed by atoms with van der Waals surface area (Å²) >= 11 is 0. The second-order valence-corrected chi connectivity index (χ2v) is 8.21. The highest BCUT2D eigenvalue weighted by atomic mass is 19.1. The van der Waals surface area contributed by atoms with Crippen LogP contribution in [0.15, 0.2) is 78.9 Å². The number of carbonyl (C=O) groups excluding carboxylic acids is 2. The van der Waals surface area contributed by atoms with Crippen LogP contribution >= 0.6 is 0 Å². The van der Waals surface area contributed by atoms with E-state index in [9.17, 15) is 14.0 Å². The largest absolute Gasteiger partial charge is 0.496 e. The molecule has 4 rings (SSSR count). The molecule has 0 unspecified atom stereocenters. The summed E-state index contributed by atoms with van der Waals surface area (Å²) < 4.78 is 18.6. The number of piperidine rings is 1. The maximum absolute atomic E-state index is 13.6. The average Bonchev–Trinajstić information content (AvgIpc) is 2.88. The molecule has 1 heterocycles. The quantitative estimate of drug-likeness (QED) is 0.427. The number of methoxy groups -OCH3 is 1. The van der Waals surface area contributed by atoms with Gasteiger partial charge in [0, 0.05) is 35.8 Å². The van der Waals surface area contributed by atoms with Gasteiger partial charge in [-0.1, -0.05) is 48.5 Å². The molecule has 5 nitrogen and oxygen atoms in total. The number of para-hydroxylation sites is 1. The zero-order valence-electron chi connectivity index (χ0n) is 19.0. The van der Waals surface area contributed by atoms with Gasteiger partial charge in [-0.3, -0.25) is 9.59 Å². The van der Waals surface area contributed by atoms with E-state index >= 15 is 0 Å². The average molecular weight is 459 g/mol. The van der Waals surface area contributed by atoms with Crippen molar-refractivity contribution in [3.63, 3.8) is 0 Å². The molecule has 1 fully saturated rings. The summed E-state index contributed by atoms with van der Waals surface area (Å²) in [7, 11) is 1.61. The van der Waals surface area contributed by atoms with Crippen molar-refractivity contribution in [1.29, 1.82) is 0 Å². The van der Waals surface area contributed by atoms with Gasteiger partial charge in [-0.05, 0) is 54.8 Å². The third-order valence-corrected chi connectivity index (χ3v) is 5.98. The molecule has 1 saturated heterocycles. The summed E-state index contributed by atoms with van der Waals surface area (Å²) in [6.07, 6.45) is 3.17. The summed E-state index contributed by atoms with van der Waals surface area (Å²) in [4.78, 5) is 27.9. The van der Waals surface area contributed by atoms with Gasteiger partial charge >= 0.3 is 0 Å². The van der Waals surface area contributed by atoms with Crippen molar-refractivity contribution in [2.24, 2.45) is 0 Å². The van der Waals surface area contributed by atoms with Crippen molar-refractivity contribution in [3.8, 4) is 5.75 Å². The smallest absolute Gasteiger partial charge is 0.254 e. The first kappa shape index (κ1) is 23.2. The highest BCUT2D eigenvalue weighted by Crippen LogP contribution is 2.27. The molecule has 174 valence electrons. The first-order valence-electron chi connectivity index (χ1n) is 11.3. The molecule has 1 N–H and O–H groups in total. The Balaban J connectivity index is 1.47. The van der Waals surface area contributed by atoms with E-state index in [-0.39, 0.29) is 23.7 Å². The number of likely N-dealkylation sites (tertiary alicyclic amines) is 1. The standard InChI is InChI=1S/C28H27FN2O3/c1-34-26-10-6-5-9-22(26)19-25(20-7-3-2-4-8-20)28(33)31-17-15-24(16-18-31)30-27(32)21-11-13-23(29)14-12-21/h2-14,19,24H,15-18H2,1H3,(H,30,32)/b25-19+. The van der Waals surface area contributed by atoms with E-state index in [0.29, 0.717) is 42.8 Å². The summed E-state index contributed by atoms with van der Waals surface area (Å²) in [6, 6.07) is 22.6. The van der Waals surface area contributed by atoms with Crippen molar-refractivity contribution in [2.45, 2.75) is 18.9 Å². The van der Waals surface area contributed by atoms with Crippen LogP contribution in [0.4, 0.5) is 4.39 Å². The Morgan fingerprint density at radius 3 is 2.24 bits per heavy atom. The van der Waals surface area contributed by atoms with E-state index in [1.54, 1.807) is 7.11 Å². The number of halogens is 1. The summed E-state index contributed by atoms with van der Waals surface area (Å²) in [5.41, 5.74) is 2.69. The normalized spacial score (nSPS) is 14.5. The van der Waals surface area contributed by atoms with E-state index in [1.165, 1.54) is 24.3 Å². The first-order chi connectivity index (χ1) is 16.5.